The molecule has 0 amide bonds. The van der Waals surface area contributed by atoms with Crippen molar-refractivity contribution in [3.05, 3.63) is 128 Å². The number of halogens is 3. The van der Waals surface area contributed by atoms with Crippen LogP contribution in [0.2, 0.25) is 5.02 Å². The van der Waals surface area contributed by atoms with Crippen molar-refractivity contribution in [2.75, 3.05) is 6.61 Å². The van der Waals surface area contributed by atoms with Gasteiger partial charge in [-0.05, 0) is 78.2 Å². The van der Waals surface area contributed by atoms with E-state index in [1.807, 2.05) is 55.5 Å². The fraction of sp³-hybridized carbons (Fsp3) is 0.194. The van der Waals surface area contributed by atoms with Crippen LogP contribution in [0.1, 0.15) is 42.1 Å². The van der Waals surface area contributed by atoms with E-state index in [0.29, 0.717) is 48.0 Å². The lowest BCUT2D eigenvalue weighted by molar-refractivity contribution is -0.139. The minimum Gasteiger partial charge on any atom is -0.487 e. The van der Waals surface area contributed by atoms with Gasteiger partial charge in [0.15, 0.2) is 4.80 Å². The van der Waals surface area contributed by atoms with Crippen molar-refractivity contribution < 1.29 is 14.3 Å². The Kier molecular flexibility index (Phi) is 8.99. The van der Waals surface area contributed by atoms with E-state index in [2.05, 4.69) is 36.9 Å². The first kappa shape index (κ1) is 29.5. The van der Waals surface area contributed by atoms with Crippen molar-refractivity contribution >= 4 is 66.8 Å². The highest BCUT2D eigenvalue weighted by atomic mass is 79.9. The molecule has 0 fully saturated rings. The Morgan fingerprint density at radius 1 is 1.10 bits per heavy atom. The van der Waals surface area contributed by atoms with Crippen molar-refractivity contribution in [1.29, 1.82) is 0 Å². The summed E-state index contributed by atoms with van der Waals surface area (Å²) in [5, 5.41) is 0.491. The van der Waals surface area contributed by atoms with Gasteiger partial charge in [-0.3, -0.25) is 9.36 Å². The van der Waals surface area contributed by atoms with Crippen LogP contribution in [0, 0.1) is 6.92 Å². The summed E-state index contributed by atoms with van der Waals surface area (Å²) < 4.78 is 15.2. The van der Waals surface area contributed by atoms with E-state index >= 15 is 0 Å². The Hall–Kier alpha value is -2.98. The van der Waals surface area contributed by atoms with E-state index in [-0.39, 0.29) is 12.2 Å². The fourth-order valence-electron chi connectivity index (χ4n) is 4.57. The molecule has 6 nitrogen and oxygen atoms in total. The molecular formula is C31H25Br2ClN2O4S. The van der Waals surface area contributed by atoms with Gasteiger partial charge < -0.3 is 9.47 Å². The third-order valence-electron chi connectivity index (χ3n) is 6.53. The van der Waals surface area contributed by atoms with Crippen LogP contribution in [0.25, 0.3) is 6.08 Å². The standard InChI is InChI=1S/C31H25Br2ClN2O4S/c1-4-39-30(38)26-18(3)35-31-36(27(26)20-9-5-17(2)6-10-20)29(37)25(41-31)14-21-13-23(34)15-24(33)28(21)40-16-19-7-11-22(32)12-8-19/h5-15,27H,4,16H2,1-3H3/b25-14-/t27-/m0/s1. The van der Waals surface area contributed by atoms with E-state index < -0.39 is 12.0 Å². The molecule has 1 aliphatic heterocycles. The largest absolute Gasteiger partial charge is 0.487 e. The molecule has 0 N–H and O–H groups in total. The minimum absolute atomic E-state index is 0.216. The third kappa shape index (κ3) is 6.28. The average Bonchev–Trinajstić information content (AvgIpc) is 3.23. The summed E-state index contributed by atoms with van der Waals surface area (Å²) in [5.41, 5.74) is 4.08. The quantitative estimate of drug-likeness (QED) is 0.196. The number of nitrogens with zero attached hydrogens (tertiary/aromatic N) is 2. The summed E-state index contributed by atoms with van der Waals surface area (Å²) in [6, 6.07) is 18.5. The number of ether oxygens (including phenoxy) is 2. The zero-order valence-corrected chi connectivity index (χ0v) is 27.2. The molecule has 0 radical (unpaired) electrons. The van der Waals surface area contributed by atoms with Gasteiger partial charge in [-0.2, -0.15) is 0 Å². The highest BCUT2D eigenvalue weighted by Gasteiger charge is 2.33. The topological polar surface area (TPSA) is 69.9 Å². The molecule has 1 atom stereocenters. The maximum atomic E-state index is 14.0. The lowest BCUT2D eigenvalue weighted by Crippen LogP contribution is -2.39. The Morgan fingerprint density at radius 3 is 2.49 bits per heavy atom. The molecule has 10 heteroatoms. The summed E-state index contributed by atoms with van der Waals surface area (Å²) in [7, 11) is 0. The predicted molar refractivity (Wildman–Crippen MR) is 169 cm³/mol. The van der Waals surface area contributed by atoms with Gasteiger partial charge >= 0.3 is 5.97 Å². The summed E-state index contributed by atoms with van der Waals surface area (Å²) in [6.07, 6.45) is 1.76. The van der Waals surface area contributed by atoms with Gasteiger partial charge in [0, 0.05) is 15.1 Å². The molecule has 1 aromatic heterocycles. The van der Waals surface area contributed by atoms with Crippen molar-refractivity contribution in [1.82, 2.24) is 4.57 Å². The Morgan fingerprint density at radius 2 is 1.80 bits per heavy atom. The molecule has 0 bridgehead atoms. The van der Waals surface area contributed by atoms with Crippen LogP contribution >= 0.6 is 54.8 Å². The lowest BCUT2D eigenvalue weighted by Gasteiger charge is -2.24. The summed E-state index contributed by atoms with van der Waals surface area (Å²) >= 11 is 14.7. The van der Waals surface area contributed by atoms with Crippen LogP contribution in [-0.4, -0.2) is 17.1 Å². The number of aromatic nitrogens is 1. The van der Waals surface area contributed by atoms with Crippen LogP contribution < -0.4 is 19.6 Å². The molecule has 210 valence electrons. The molecule has 5 rings (SSSR count). The van der Waals surface area contributed by atoms with Crippen molar-refractivity contribution in [2.45, 2.75) is 33.4 Å². The predicted octanol–water partition coefficient (Wildman–Crippen LogP) is 6.86. The number of carbonyl (C=O) groups is 1. The van der Waals surface area contributed by atoms with E-state index in [1.165, 1.54) is 11.3 Å². The average molecular weight is 717 g/mol. The van der Waals surface area contributed by atoms with Crippen LogP contribution in [-0.2, 0) is 16.1 Å². The minimum atomic E-state index is -0.674. The highest BCUT2D eigenvalue weighted by molar-refractivity contribution is 9.10. The van der Waals surface area contributed by atoms with Crippen LogP contribution in [0.3, 0.4) is 0 Å². The fourth-order valence-corrected chi connectivity index (χ4v) is 6.82. The molecule has 3 aromatic carbocycles. The van der Waals surface area contributed by atoms with Crippen LogP contribution in [0.5, 0.6) is 5.75 Å². The maximum absolute atomic E-state index is 14.0. The van der Waals surface area contributed by atoms with E-state index in [1.54, 1.807) is 36.6 Å². The SMILES string of the molecule is CCOC(=O)C1=C(C)N=c2s/c(=C\c3cc(Cl)cc(Br)c3OCc3ccc(Br)cc3)c(=O)n2[C@H]1c1ccc(C)cc1. The molecule has 41 heavy (non-hydrogen) atoms. The number of benzene rings is 3. The first-order chi connectivity index (χ1) is 19.7. The smallest absolute Gasteiger partial charge is 0.338 e. The molecule has 2 heterocycles. The number of fused-ring (bicyclic) bond motifs is 1. The number of esters is 1. The van der Waals surface area contributed by atoms with Gasteiger partial charge in [-0.1, -0.05) is 80.8 Å². The zero-order chi connectivity index (χ0) is 29.3. The number of rotatable bonds is 7. The van der Waals surface area contributed by atoms with Crippen molar-refractivity contribution in [3.8, 4) is 5.75 Å². The van der Waals surface area contributed by atoms with E-state index in [9.17, 15) is 9.59 Å². The first-order valence-corrected chi connectivity index (χ1v) is 15.6. The second-order valence-electron chi connectivity index (χ2n) is 9.43. The summed E-state index contributed by atoms with van der Waals surface area (Å²) in [5.74, 6) is 0.0673. The van der Waals surface area contributed by atoms with E-state index in [4.69, 9.17) is 21.1 Å². The molecule has 0 unspecified atom stereocenters. The number of thiazole rings is 1. The van der Waals surface area contributed by atoms with Gasteiger partial charge in [0.1, 0.15) is 12.4 Å². The molecule has 0 spiro atoms. The van der Waals surface area contributed by atoms with Gasteiger partial charge in [-0.15, -0.1) is 0 Å². The van der Waals surface area contributed by atoms with Crippen LogP contribution in [0.15, 0.2) is 90.7 Å². The Labute approximate surface area is 262 Å². The Bertz CT molecular complexity index is 1850. The number of hydrogen-bond acceptors (Lipinski definition) is 6. The molecule has 0 aliphatic carbocycles. The Balaban J connectivity index is 1.64. The monoisotopic (exact) mass is 714 g/mol. The first-order valence-electron chi connectivity index (χ1n) is 12.8. The van der Waals surface area contributed by atoms with Crippen molar-refractivity contribution in [2.24, 2.45) is 4.99 Å². The molecule has 1 aliphatic rings. The van der Waals surface area contributed by atoms with Gasteiger partial charge in [0.05, 0.1) is 32.9 Å². The van der Waals surface area contributed by atoms with Crippen LogP contribution in [0.4, 0.5) is 0 Å². The number of hydrogen-bond donors (Lipinski definition) is 0. The molecule has 0 saturated heterocycles. The molecule has 4 aromatic rings. The maximum Gasteiger partial charge on any atom is 0.338 e. The van der Waals surface area contributed by atoms with E-state index in [0.717, 1.165) is 21.2 Å². The molecule has 0 saturated carbocycles. The van der Waals surface area contributed by atoms with Crippen molar-refractivity contribution in [3.63, 3.8) is 0 Å². The summed E-state index contributed by atoms with van der Waals surface area (Å²) in [6.45, 7) is 6.05. The summed E-state index contributed by atoms with van der Waals surface area (Å²) in [4.78, 5) is 32.3. The second kappa shape index (κ2) is 12.5. The lowest BCUT2D eigenvalue weighted by atomic mass is 9.95. The highest BCUT2D eigenvalue weighted by Crippen LogP contribution is 2.34. The van der Waals surface area contributed by atoms with Gasteiger partial charge in [-0.25, -0.2) is 9.79 Å². The molecular weight excluding hydrogens is 692 g/mol. The second-order valence-corrected chi connectivity index (χ2v) is 12.6. The number of aryl methyl sites for hydroxylation is 1. The van der Waals surface area contributed by atoms with Gasteiger partial charge in [0.2, 0.25) is 0 Å². The number of carbonyl (C=O) groups excluding carboxylic acids is 1. The number of allylic oxidation sites excluding steroid dienone is 1. The van der Waals surface area contributed by atoms with Gasteiger partial charge in [0.25, 0.3) is 5.56 Å². The zero-order valence-electron chi connectivity index (χ0n) is 22.4. The normalized spacial score (nSPS) is 15.0. The third-order valence-corrected chi connectivity index (χ3v) is 8.85.